The molecule has 2 aromatic carbocycles. The Labute approximate surface area is 181 Å². The molecule has 7 heteroatoms. The molecule has 1 amide bonds. The monoisotopic (exact) mass is 419 g/mol. The van der Waals surface area contributed by atoms with Crippen LogP contribution < -0.4 is 4.74 Å². The van der Waals surface area contributed by atoms with Gasteiger partial charge in [0.15, 0.2) is 0 Å². The van der Waals surface area contributed by atoms with Crippen molar-refractivity contribution in [2.24, 2.45) is 5.92 Å². The Balaban J connectivity index is 1.66. The molecular formula is C24H25N3O4. The van der Waals surface area contributed by atoms with E-state index in [1.807, 2.05) is 54.6 Å². The molecule has 1 aliphatic heterocycles. The van der Waals surface area contributed by atoms with Crippen LogP contribution in [-0.2, 0) is 9.53 Å². The fraction of sp³-hybridized carbons (Fsp3) is 0.292. The number of aromatic nitrogens is 2. The van der Waals surface area contributed by atoms with Crippen LogP contribution in [0.4, 0.5) is 0 Å². The Bertz CT molecular complexity index is 1050. The Morgan fingerprint density at radius 3 is 2.26 bits per heavy atom. The van der Waals surface area contributed by atoms with E-state index in [9.17, 15) is 9.59 Å². The summed E-state index contributed by atoms with van der Waals surface area (Å²) in [6, 6.07) is 17.2. The average Bonchev–Trinajstić information content (AvgIpc) is 3.29. The molecule has 0 radical (unpaired) electrons. The quantitative estimate of drug-likeness (QED) is 0.591. The molecular weight excluding hydrogens is 394 g/mol. The van der Waals surface area contributed by atoms with E-state index in [-0.39, 0.29) is 17.8 Å². The number of carbonyl (C=O) groups excluding carboxylic acids is 2. The van der Waals surface area contributed by atoms with Crippen molar-refractivity contribution in [3.63, 3.8) is 0 Å². The summed E-state index contributed by atoms with van der Waals surface area (Å²) in [4.78, 5) is 27.0. The van der Waals surface area contributed by atoms with E-state index in [1.54, 1.807) is 22.9 Å². The van der Waals surface area contributed by atoms with Gasteiger partial charge in [0.2, 0.25) is 0 Å². The zero-order chi connectivity index (χ0) is 21.8. The van der Waals surface area contributed by atoms with Crippen LogP contribution in [0.1, 0.15) is 23.2 Å². The lowest BCUT2D eigenvalue weighted by atomic mass is 9.96. The van der Waals surface area contributed by atoms with Crippen molar-refractivity contribution >= 4 is 11.9 Å². The number of ether oxygens (including phenoxy) is 2. The molecule has 0 bridgehead atoms. The SMILES string of the molecule is COC(=O)C1CCN(C(=O)c2cn(-c3ccccc3)nc2-c2ccc(OC)cc2)CC1. The van der Waals surface area contributed by atoms with Crippen molar-refractivity contribution < 1.29 is 19.1 Å². The highest BCUT2D eigenvalue weighted by Crippen LogP contribution is 2.28. The molecule has 160 valence electrons. The van der Waals surface area contributed by atoms with Crippen LogP contribution >= 0.6 is 0 Å². The van der Waals surface area contributed by atoms with Crippen molar-refractivity contribution in [2.75, 3.05) is 27.3 Å². The minimum absolute atomic E-state index is 0.0867. The van der Waals surface area contributed by atoms with Gasteiger partial charge in [-0.2, -0.15) is 5.10 Å². The van der Waals surface area contributed by atoms with Crippen LogP contribution in [0.25, 0.3) is 16.9 Å². The van der Waals surface area contributed by atoms with Crippen LogP contribution in [0.15, 0.2) is 60.8 Å². The minimum atomic E-state index is -0.206. The maximum atomic E-state index is 13.4. The van der Waals surface area contributed by atoms with Gasteiger partial charge < -0.3 is 14.4 Å². The summed E-state index contributed by atoms with van der Waals surface area (Å²) < 4.78 is 11.8. The van der Waals surface area contributed by atoms with Crippen molar-refractivity contribution in [1.29, 1.82) is 0 Å². The lowest BCUT2D eigenvalue weighted by Gasteiger charge is -2.30. The molecule has 0 N–H and O–H groups in total. The van der Waals surface area contributed by atoms with E-state index in [0.717, 1.165) is 17.0 Å². The fourth-order valence-corrected chi connectivity index (χ4v) is 3.86. The molecule has 1 fully saturated rings. The number of benzene rings is 2. The largest absolute Gasteiger partial charge is 0.497 e. The molecule has 31 heavy (non-hydrogen) atoms. The second-order valence-electron chi connectivity index (χ2n) is 7.49. The van der Waals surface area contributed by atoms with Crippen molar-refractivity contribution in [3.05, 3.63) is 66.4 Å². The topological polar surface area (TPSA) is 73.7 Å². The van der Waals surface area contributed by atoms with Gasteiger partial charge >= 0.3 is 5.97 Å². The van der Waals surface area contributed by atoms with E-state index < -0.39 is 0 Å². The Morgan fingerprint density at radius 1 is 0.968 bits per heavy atom. The number of rotatable bonds is 5. The summed E-state index contributed by atoms with van der Waals surface area (Å²) in [7, 11) is 3.02. The van der Waals surface area contributed by atoms with Gasteiger partial charge in [0.25, 0.3) is 5.91 Å². The summed E-state index contributed by atoms with van der Waals surface area (Å²) in [6.45, 7) is 1.02. The lowest BCUT2D eigenvalue weighted by molar-refractivity contribution is -0.146. The highest BCUT2D eigenvalue weighted by atomic mass is 16.5. The number of piperidine rings is 1. The maximum absolute atomic E-state index is 13.4. The van der Waals surface area contributed by atoms with Crippen LogP contribution in [-0.4, -0.2) is 53.9 Å². The Morgan fingerprint density at radius 2 is 1.65 bits per heavy atom. The average molecular weight is 419 g/mol. The van der Waals surface area contributed by atoms with Gasteiger partial charge in [0.05, 0.1) is 31.4 Å². The van der Waals surface area contributed by atoms with Gasteiger partial charge in [-0.15, -0.1) is 0 Å². The minimum Gasteiger partial charge on any atom is -0.497 e. The normalized spacial score (nSPS) is 14.3. The van der Waals surface area contributed by atoms with Crippen molar-refractivity contribution in [1.82, 2.24) is 14.7 Å². The number of para-hydroxylation sites is 1. The Kier molecular flexibility index (Phi) is 6.02. The number of hydrogen-bond donors (Lipinski definition) is 0. The zero-order valence-electron chi connectivity index (χ0n) is 17.7. The first-order chi connectivity index (χ1) is 15.1. The molecule has 7 nitrogen and oxygen atoms in total. The molecule has 3 aromatic rings. The number of carbonyl (C=O) groups is 2. The van der Waals surface area contributed by atoms with Crippen LogP contribution in [0.2, 0.25) is 0 Å². The summed E-state index contributed by atoms with van der Waals surface area (Å²) in [5, 5.41) is 4.73. The van der Waals surface area contributed by atoms with Crippen molar-refractivity contribution in [3.8, 4) is 22.7 Å². The lowest BCUT2D eigenvalue weighted by Crippen LogP contribution is -2.40. The number of hydrogen-bond acceptors (Lipinski definition) is 5. The molecule has 1 aliphatic rings. The molecule has 0 aliphatic carbocycles. The van der Waals surface area contributed by atoms with Gasteiger partial charge in [-0.3, -0.25) is 9.59 Å². The molecule has 0 saturated carbocycles. The highest BCUT2D eigenvalue weighted by molar-refractivity contribution is 6.00. The molecule has 0 unspecified atom stereocenters. The van der Waals surface area contributed by atoms with Gasteiger partial charge in [0, 0.05) is 24.8 Å². The predicted octanol–water partition coefficient (Wildman–Crippen LogP) is 3.57. The summed E-state index contributed by atoms with van der Waals surface area (Å²) in [5.74, 6) is 0.297. The zero-order valence-corrected chi connectivity index (χ0v) is 17.7. The van der Waals surface area contributed by atoms with Gasteiger partial charge in [-0.1, -0.05) is 18.2 Å². The standard InChI is InChI=1S/C24H25N3O4/c1-30-20-10-8-17(9-11-20)22-21(16-27(25-22)19-6-4-3-5-7-19)23(28)26-14-12-18(13-15-26)24(29)31-2/h3-11,16,18H,12-15H2,1-2H3. The van der Waals surface area contributed by atoms with Crippen LogP contribution in [0, 0.1) is 5.92 Å². The van der Waals surface area contributed by atoms with Crippen LogP contribution in [0.5, 0.6) is 5.75 Å². The van der Waals surface area contributed by atoms with E-state index in [1.165, 1.54) is 7.11 Å². The fourth-order valence-electron chi connectivity index (χ4n) is 3.86. The molecule has 2 heterocycles. The molecule has 1 saturated heterocycles. The first-order valence-electron chi connectivity index (χ1n) is 10.3. The highest BCUT2D eigenvalue weighted by Gasteiger charge is 2.30. The van der Waals surface area contributed by atoms with E-state index in [4.69, 9.17) is 14.6 Å². The predicted molar refractivity (Wildman–Crippen MR) is 116 cm³/mol. The number of amides is 1. The smallest absolute Gasteiger partial charge is 0.308 e. The number of likely N-dealkylation sites (tertiary alicyclic amines) is 1. The third-order valence-electron chi connectivity index (χ3n) is 5.65. The third kappa shape index (κ3) is 4.30. The summed E-state index contributed by atoms with van der Waals surface area (Å²) >= 11 is 0. The maximum Gasteiger partial charge on any atom is 0.308 e. The molecule has 4 rings (SSSR count). The first-order valence-corrected chi connectivity index (χ1v) is 10.3. The van der Waals surface area contributed by atoms with E-state index in [0.29, 0.717) is 37.2 Å². The number of methoxy groups -OCH3 is 2. The second-order valence-corrected chi connectivity index (χ2v) is 7.49. The number of esters is 1. The third-order valence-corrected chi connectivity index (χ3v) is 5.65. The molecule has 1 aromatic heterocycles. The van der Waals surface area contributed by atoms with Gasteiger partial charge in [-0.05, 0) is 49.2 Å². The second kappa shape index (κ2) is 9.04. The number of nitrogens with zero attached hydrogens (tertiary/aromatic N) is 3. The van der Waals surface area contributed by atoms with Crippen molar-refractivity contribution in [2.45, 2.75) is 12.8 Å². The van der Waals surface area contributed by atoms with E-state index in [2.05, 4.69) is 0 Å². The Hall–Kier alpha value is -3.61. The van der Waals surface area contributed by atoms with Crippen LogP contribution in [0.3, 0.4) is 0 Å². The molecule has 0 spiro atoms. The molecule has 0 atom stereocenters. The summed E-state index contributed by atoms with van der Waals surface area (Å²) in [6.07, 6.45) is 2.98. The first kappa shape index (κ1) is 20.7. The van der Waals surface area contributed by atoms with E-state index >= 15 is 0 Å². The summed E-state index contributed by atoms with van der Waals surface area (Å²) in [5.41, 5.74) is 2.86. The van der Waals surface area contributed by atoms with Gasteiger partial charge in [0.1, 0.15) is 11.4 Å². The van der Waals surface area contributed by atoms with Gasteiger partial charge in [-0.25, -0.2) is 4.68 Å².